The van der Waals surface area contributed by atoms with Gasteiger partial charge in [0, 0.05) is 4.88 Å². The Kier molecular flexibility index (Phi) is 6.63. The molecule has 0 aliphatic carbocycles. The highest BCUT2D eigenvalue weighted by Crippen LogP contribution is 2.21. The molecular weight excluding hydrogens is 322 g/mol. The minimum atomic E-state index is -3.68. The van der Waals surface area contributed by atoms with Gasteiger partial charge < -0.3 is 11.1 Å². The summed E-state index contributed by atoms with van der Waals surface area (Å²) >= 11 is 1.03. The van der Waals surface area contributed by atoms with Gasteiger partial charge >= 0.3 is 0 Å². The van der Waals surface area contributed by atoms with Crippen LogP contribution in [0.5, 0.6) is 0 Å². The van der Waals surface area contributed by atoms with Gasteiger partial charge in [0.2, 0.25) is 15.9 Å². The van der Waals surface area contributed by atoms with Crippen LogP contribution in [-0.2, 0) is 21.4 Å². The molecule has 1 aromatic heterocycles. The highest BCUT2D eigenvalue weighted by atomic mass is 35.5. The maximum Gasteiger partial charge on any atom is 0.247 e. The van der Waals surface area contributed by atoms with Gasteiger partial charge in [-0.2, -0.15) is 0 Å². The Morgan fingerprint density at radius 1 is 1.40 bits per heavy atom. The van der Waals surface area contributed by atoms with Crippen LogP contribution in [0.1, 0.15) is 25.6 Å². The molecule has 0 fully saturated rings. The zero-order valence-electron chi connectivity index (χ0n) is 11.5. The molecule has 5 N–H and O–H groups in total. The average Bonchev–Trinajstić information content (AvgIpc) is 2.71. The Bertz CT molecular complexity index is 564. The monoisotopic (exact) mass is 341 g/mol. The van der Waals surface area contributed by atoms with Crippen LogP contribution in [0.2, 0.25) is 0 Å². The van der Waals surface area contributed by atoms with Crippen molar-refractivity contribution in [3.05, 3.63) is 17.0 Å². The lowest BCUT2D eigenvalue weighted by Gasteiger charge is -2.25. The SMILES string of the molecule is CC(C)(C)[C@H](N)C(=O)NCc1ccc(S(N)(=O)=O)s1.Cl. The molecule has 1 heterocycles. The summed E-state index contributed by atoms with van der Waals surface area (Å²) in [5.41, 5.74) is 5.48. The van der Waals surface area contributed by atoms with Crippen molar-refractivity contribution in [1.82, 2.24) is 5.32 Å². The van der Waals surface area contributed by atoms with Crippen LogP contribution in [0.15, 0.2) is 16.3 Å². The van der Waals surface area contributed by atoms with E-state index in [1.165, 1.54) is 6.07 Å². The van der Waals surface area contributed by atoms with Crippen molar-refractivity contribution < 1.29 is 13.2 Å². The zero-order chi connectivity index (χ0) is 14.8. The van der Waals surface area contributed by atoms with E-state index in [4.69, 9.17) is 10.9 Å². The van der Waals surface area contributed by atoms with Crippen LogP contribution in [0.4, 0.5) is 0 Å². The minimum Gasteiger partial charge on any atom is -0.350 e. The Balaban J connectivity index is 0.00000361. The molecule has 116 valence electrons. The van der Waals surface area contributed by atoms with Gasteiger partial charge in [0.15, 0.2) is 0 Å². The van der Waals surface area contributed by atoms with Crippen molar-refractivity contribution in [3.63, 3.8) is 0 Å². The quantitative estimate of drug-likeness (QED) is 0.751. The summed E-state index contributed by atoms with van der Waals surface area (Å²) in [5.74, 6) is -0.266. The summed E-state index contributed by atoms with van der Waals surface area (Å²) < 4.78 is 22.3. The van der Waals surface area contributed by atoms with Crippen LogP contribution in [0, 0.1) is 5.41 Å². The number of hydrogen-bond donors (Lipinski definition) is 3. The van der Waals surface area contributed by atoms with Crippen LogP contribution in [0.3, 0.4) is 0 Å². The smallest absolute Gasteiger partial charge is 0.247 e. The van der Waals surface area contributed by atoms with Crippen LogP contribution < -0.4 is 16.2 Å². The van der Waals surface area contributed by atoms with Crippen LogP contribution >= 0.6 is 23.7 Å². The van der Waals surface area contributed by atoms with E-state index in [2.05, 4.69) is 5.32 Å². The van der Waals surface area contributed by atoms with Crippen molar-refractivity contribution in [1.29, 1.82) is 0 Å². The summed E-state index contributed by atoms with van der Waals surface area (Å²) in [7, 11) is -3.68. The number of rotatable bonds is 4. The zero-order valence-corrected chi connectivity index (χ0v) is 14.0. The lowest BCUT2D eigenvalue weighted by Crippen LogP contribution is -2.48. The number of carbonyl (C=O) groups is 1. The van der Waals surface area contributed by atoms with Crippen molar-refractivity contribution in [2.24, 2.45) is 16.3 Å². The molecule has 0 spiro atoms. The molecule has 0 radical (unpaired) electrons. The molecule has 6 nitrogen and oxygen atoms in total. The first-order valence-electron chi connectivity index (χ1n) is 5.66. The maximum absolute atomic E-state index is 11.8. The second-order valence-electron chi connectivity index (χ2n) is 5.33. The second-order valence-corrected chi connectivity index (χ2v) is 8.28. The van der Waals surface area contributed by atoms with E-state index >= 15 is 0 Å². The van der Waals surface area contributed by atoms with Gasteiger partial charge in [0.05, 0.1) is 12.6 Å². The molecule has 1 rings (SSSR count). The lowest BCUT2D eigenvalue weighted by molar-refractivity contribution is -0.124. The van der Waals surface area contributed by atoms with Crippen LogP contribution in [0.25, 0.3) is 0 Å². The summed E-state index contributed by atoms with van der Waals surface area (Å²) in [4.78, 5) is 12.5. The molecule has 20 heavy (non-hydrogen) atoms. The fraction of sp³-hybridized carbons (Fsp3) is 0.545. The molecule has 0 aliphatic heterocycles. The van der Waals surface area contributed by atoms with Crippen molar-refractivity contribution >= 4 is 39.7 Å². The first-order chi connectivity index (χ1) is 8.51. The first kappa shape index (κ1) is 19.3. The summed E-state index contributed by atoms with van der Waals surface area (Å²) in [6.07, 6.45) is 0. The van der Waals surface area contributed by atoms with E-state index in [0.29, 0.717) is 4.88 Å². The lowest BCUT2D eigenvalue weighted by atomic mass is 9.87. The van der Waals surface area contributed by atoms with Gasteiger partial charge in [-0.3, -0.25) is 4.79 Å². The van der Waals surface area contributed by atoms with Crippen molar-refractivity contribution in [2.45, 2.75) is 37.6 Å². The van der Waals surface area contributed by atoms with E-state index < -0.39 is 16.1 Å². The fourth-order valence-corrected chi connectivity index (χ4v) is 3.00. The number of sulfonamides is 1. The molecule has 1 aromatic rings. The van der Waals surface area contributed by atoms with Gasteiger partial charge in [0.25, 0.3) is 0 Å². The normalized spacial score (nSPS) is 13.4. The Morgan fingerprint density at radius 2 is 1.95 bits per heavy atom. The molecule has 0 unspecified atom stereocenters. The fourth-order valence-electron chi connectivity index (χ4n) is 1.28. The number of hydrogen-bond acceptors (Lipinski definition) is 5. The Hall–Kier alpha value is -0.670. The molecule has 0 saturated carbocycles. The van der Waals surface area contributed by atoms with E-state index in [1.54, 1.807) is 6.07 Å². The third-order valence-corrected chi connectivity index (χ3v) is 5.09. The standard InChI is InChI=1S/C11H19N3O3S2.ClH/c1-11(2,3)9(12)10(15)14-6-7-4-5-8(18-7)19(13,16)17;/h4-5,9H,6,12H2,1-3H3,(H,14,15)(H2,13,16,17);1H/t9-;/m1./s1. The van der Waals surface area contributed by atoms with E-state index in [-0.39, 0.29) is 34.5 Å². The van der Waals surface area contributed by atoms with Crippen molar-refractivity contribution in [2.75, 3.05) is 0 Å². The summed E-state index contributed by atoms with van der Waals surface area (Å²) in [5, 5.41) is 7.69. The number of halogens is 1. The number of primary sulfonamides is 1. The van der Waals surface area contributed by atoms with Gasteiger partial charge in [-0.25, -0.2) is 13.6 Å². The third-order valence-electron chi connectivity index (χ3n) is 2.57. The number of thiophene rings is 1. The molecule has 9 heteroatoms. The van der Waals surface area contributed by atoms with Gasteiger partial charge in [0.1, 0.15) is 4.21 Å². The third kappa shape index (κ3) is 5.37. The van der Waals surface area contributed by atoms with E-state index in [1.807, 2.05) is 20.8 Å². The largest absolute Gasteiger partial charge is 0.350 e. The minimum absolute atomic E-state index is 0. The average molecular weight is 342 g/mol. The molecule has 1 amide bonds. The van der Waals surface area contributed by atoms with E-state index in [9.17, 15) is 13.2 Å². The van der Waals surface area contributed by atoms with Gasteiger partial charge in [-0.1, -0.05) is 20.8 Å². The Morgan fingerprint density at radius 3 is 2.35 bits per heavy atom. The first-order valence-corrected chi connectivity index (χ1v) is 8.03. The molecule has 0 aromatic carbocycles. The second kappa shape index (κ2) is 6.86. The topological polar surface area (TPSA) is 115 Å². The highest BCUT2D eigenvalue weighted by molar-refractivity contribution is 7.91. The Labute approximate surface area is 129 Å². The number of amides is 1. The molecule has 0 saturated heterocycles. The summed E-state index contributed by atoms with van der Waals surface area (Å²) in [6.45, 7) is 5.87. The predicted octanol–water partition coefficient (Wildman–Crippen LogP) is 0.807. The van der Waals surface area contributed by atoms with Crippen LogP contribution in [-0.4, -0.2) is 20.4 Å². The number of carbonyl (C=O) groups excluding carboxylic acids is 1. The highest BCUT2D eigenvalue weighted by Gasteiger charge is 2.27. The van der Waals surface area contributed by atoms with E-state index in [0.717, 1.165) is 11.3 Å². The molecular formula is C11H20ClN3O3S2. The summed E-state index contributed by atoms with van der Waals surface area (Å²) in [6, 6.07) is 2.42. The molecule has 1 atom stereocenters. The molecule has 0 bridgehead atoms. The van der Waals surface area contributed by atoms with Crippen molar-refractivity contribution in [3.8, 4) is 0 Å². The maximum atomic E-state index is 11.8. The van der Waals surface area contributed by atoms with Gasteiger partial charge in [-0.05, 0) is 17.5 Å². The van der Waals surface area contributed by atoms with Gasteiger partial charge in [-0.15, -0.1) is 23.7 Å². The molecule has 0 aliphatic rings. The number of nitrogens with two attached hydrogens (primary N) is 2. The predicted molar refractivity (Wildman–Crippen MR) is 82.2 cm³/mol. The number of nitrogens with one attached hydrogen (secondary N) is 1.